The van der Waals surface area contributed by atoms with Crippen LogP contribution in [0.3, 0.4) is 0 Å². The van der Waals surface area contributed by atoms with E-state index in [2.05, 4.69) is 30.6 Å². The quantitative estimate of drug-likeness (QED) is 0.496. The Labute approximate surface area is 181 Å². The molecule has 1 saturated carbocycles. The molecule has 5 rings (SSSR count). The number of aliphatic hydroxyl groups excluding tert-OH is 2. The lowest BCUT2D eigenvalue weighted by Gasteiger charge is -2.30. The molecule has 1 saturated heterocycles. The van der Waals surface area contributed by atoms with E-state index in [0.717, 1.165) is 74.6 Å². The monoisotopic (exact) mass is 423 g/mol. The predicted molar refractivity (Wildman–Crippen MR) is 120 cm³/mol. The number of pyridine rings is 2. The Morgan fingerprint density at radius 2 is 1.68 bits per heavy atom. The van der Waals surface area contributed by atoms with Crippen LogP contribution in [0.15, 0.2) is 36.5 Å². The van der Waals surface area contributed by atoms with Crippen LogP contribution in [0.1, 0.15) is 38.5 Å². The highest BCUT2D eigenvalue weighted by Gasteiger charge is 2.20. The average Bonchev–Trinajstić information content (AvgIpc) is 3.20. The molecule has 2 aliphatic rings. The summed E-state index contributed by atoms with van der Waals surface area (Å²) in [4.78, 5) is 11.4. The van der Waals surface area contributed by atoms with Gasteiger partial charge in [-0.1, -0.05) is 6.07 Å². The van der Waals surface area contributed by atoms with Crippen molar-refractivity contribution in [1.29, 1.82) is 0 Å². The van der Waals surface area contributed by atoms with Crippen LogP contribution in [-0.2, 0) is 0 Å². The van der Waals surface area contributed by atoms with Crippen molar-refractivity contribution in [2.24, 2.45) is 0 Å². The standard InChI is InChI=1S/C22H29N7O2/c30-17-7-4-15(5-8-17)24-20-2-1-3-21-26-22(27-29(20)21)25-16-6-9-19(23-14-16)28-12-10-18(31)11-13-28/h1-3,6,9,14-15,17-18,24,30-31H,4-5,7-8,10-13H2,(H,25,27)/t15-,17+. The van der Waals surface area contributed by atoms with E-state index in [1.54, 1.807) is 6.20 Å². The second-order valence-electron chi connectivity index (χ2n) is 8.51. The number of anilines is 4. The molecule has 0 aromatic carbocycles. The molecular formula is C22H29N7O2. The van der Waals surface area contributed by atoms with Crippen LogP contribution in [0.4, 0.5) is 23.3 Å². The number of piperidine rings is 1. The van der Waals surface area contributed by atoms with Gasteiger partial charge in [0.25, 0.3) is 0 Å². The van der Waals surface area contributed by atoms with E-state index in [-0.39, 0.29) is 12.2 Å². The zero-order chi connectivity index (χ0) is 21.2. The maximum absolute atomic E-state index is 9.73. The molecule has 0 amide bonds. The zero-order valence-corrected chi connectivity index (χ0v) is 17.5. The van der Waals surface area contributed by atoms with Gasteiger partial charge in [-0.15, -0.1) is 5.10 Å². The highest BCUT2D eigenvalue weighted by Crippen LogP contribution is 2.24. The number of hydrogen-bond acceptors (Lipinski definition) is 8. The van der Waals surface area contributed by atoms with Crippen molar-refractivity contribution >= 4 is 28.9 Å². The van der Waals surface area contributed by atoms with Gasteiger partial charge in [-0.2, -0.15) is 9.50 Å². The Kier molecular flexibility index (Phi) is 5.61. The molecule has 0 bridgehead atoms. The first-order chi connectivity index (χ1) is 15.1. The minimum atomic E-state index is -0.192. The second kappa shape index (κ2) is 8.68. The third-order valence-corrected chi connectivity index (χ3v) is 6.20. The van der Waals surface area contributed by atoms with Gasteiger partial charge in [0.2, 0.25) is 5.95 Å². The van der Waals surface area contributed by atoms with Crippen LogP contribution in [0.25, 0.3) is 5.65 Å². The molecule has 0 spiro atoms. The maximum atomic E-state index is 9.73. The predicted octanol–water partition coefficient (Wildman–Crippen LogP) is 2.54. The van der Waals surface area contributed by atoms with E-state index in [9.17, 15) is 10.2 Å². The molecule has 0 unspecified atom stereocenters. The van der Waals surface area contributed by atoms with Crippen molar-refractivity contribution in [3.05, 3.63) is 36.5 Å². The molecule has 9 heteroatoms. The highest BCUT2D eigenvalue weighted by atomic mass is 16.3. The summed E-state index contributed by atoms with van der Waals surface area (Å²) in [7, 11) is 0. The third kappa shape index (κ3) is 4.57. The molecule has 9 nitrogen and oxygen atoms in total. The summed E-state index contributed by atoms with van der Waals surface area (Å²) in [5.41, 5.74) is 1.59. The molecular weight excluding hydrogens is 394 g/mol. The number of nitrogens with zero attached hydrogens (tertiary/aromatic N) is 5. The van der Waals surface area contributed by atoms with Crippen LogP contribution in [0, 0.1) is 0 Å². The van der Waals surface area contributed by atoms with Crippen LogP contribution in [-0.4, -0.2) is 61.1 Å². The molecule has 2 fully saturated rings. The molecule has 3 aromatic heterocycles. The second-order valence-corrected chi connectivity index (χ2v) is 8.51. The first-order valence-electron chi connectivity index (χ1n) is 11.1. The van der Waals surface area contributed by atoms with Crippen molar-refractivity contribution < 1.29 is 10.2 Å². The smallest absolute Gasteiger partial charge is 0.247 e. The van der Waals surface area contributed by atoms with Gasteiger partial charge in [-0.3, -0.25) is 0 Å². The lowest BCUT2D eigenvalue weighted by atomic mass is 9.93. The van der Waals surface area contributed by atoms with E-state index in [1.807, 2.05) is 34.8 Å². The Bertz CT molecular complexity index is 1010. The molecule has 3 aromatic rings. The number of rotatable bonds is 5. The molecule has 4 heterocycles. The molecule has 0 radical (unpaired) electrons. The summed E-state index contributed by atoms with van der Waals surface area (Å²) in [5, 5.41) is 30.8. The van der Waals surface area contributed by atoms with Crippen LogP contribution in [0.5, 0.6) is 0 Å². The van der Waals surface area contributed by atoms with E-state index in [4.69, 9.17) is 0 Å². The van der Waals surface area contributed by atoms with E-state index in [0.29, 0.717) is 12.0 Å². The summed E-state index contributed by atoms with van der Waals surface area (Å²) in [6.07, 6.45) is 6.56. The third-order valence-electron chi connectivity index (χ3n) is 6.20. The molecule has 1 aliphatic carbocycles. The van der Waals surface area contributed by atoms with Gasteiger partial charge in [-0.25, -0.2) is 4.98 Å². The Morgan fingerprint density at radius 1 is 0.903 bits per heavy atom. The molecule has 31 heavy (non-hydrogen) atoms. The fourth-order valence-corrected chi connectivity index (χ4v) is 4.37. The SMILES string of the molecule is OC1CCN(c2ccc(Nc3nc4cccc(N[C@H]5CC[C@@H](O)CC5)n4n3)cn2)CC1. The van der Waals surface area contributed by atoms with Gasteiger partial charge in [0.05, 0.1) is 24.1 Å². The van der Waals surface area contributed by atoms with E-state index < -0.39 is 0 Å². The maximum Gasteiger partial charge on any atom is 0.247 e. The largest absolute Gasteiger partial charge is 0.393 e. The molecule has 4 N–H and O–H groups in total. The van der Waals surface area contributed by atoms with Gasteiger partial charge < -0.3 is 25.7 Å². The number of nitrogens with one attached hydrogen (secondary N) is 2. The fourth-order valence-electron chi connectivity index (χ4n) is 4.37. The lowest BCUT2D eigenvalue weighted by Crippen LogP contribution is -2.36. The van der Waals surface area contributed by atoms with Gasteiger partial charge in [0.15, 0.2) is 5.65 Å². The van der Waals surface area contributed by atoms with Gasteiger partial charge in [0, 0.05) is 19.1 Å². The minimum Gasteiger partial charge on any atom is -0.393 e. The highest BCUT2D eigenvalue weighted by molar-refractivity contribution is 5.59. The Morgan fingerprint density at radius 3 is 2.42 bits per heavy atom. The summed E-state index contributed by atoms with van der Waals surface area (Å²) in [6, 6.07) is 10.2. The van der Waals surface area contributed by atoms with Crippen molar-refractivity contribution in [3.63, 3.8) is 0 Å². The Balaban J connectivity index is 1.27. The number of fused-ring (bicyclic) bond motifs is 1. The topological polar surface area (TPSA) is 111 Å². The molecule has 164 valence electrons. The first-order valence-corrected chi connectivity index (χ1v) is 11.1. The van der Waals surface area contributed by atoms with Crippen molar-refractivity contribution in [1.82, 2.24) is 19.6 Å². The van der Waals surface area contributed by atoms with Crippen LogP contribution in [0.2, 0.25) is 0 Å². The van der Waals surface area contributed by atoms with E-state index in [1.165, 1.54) is 0 Å². The zero-order valence-electron chi connectivity index (χ0n) is 17.5. The molecule has 0 atom stereocenters. The normalized spacial score (nSPS) is 22.6. The van der Waals surface area contributed by atoms with Crippen molar-refractivity contribution in [3.8, 4) is 0 Å². The number of aliphatic hydroxyl groups is 2. The van der Waals surface area contributed by atoms with E-state index >= 15 is 0 Å². The summed E-state index contributed by atoms with van der Waals surface area (Å²) < 4.78 is 1.81. The van der Waals surface area contributed by atoms with Crippen molar-refractivity contribution in [2.75, 3.05) is 28.6 Å². The van der Waals surface area contributed by atoms with Gasteiger partial charge >= 0.3 is 0 Å². The lowest BCUT2D eigenvalue weighted by molar-refractivity contribution is 0.126. The summed E-state index contributed by atoms with van der Waals surface area (Å²) >= 11 is 0. The van der Waals surface area contributed by atoms with Crippen LogP contribution >= 0.6 is 0 Å². The summed E-state index contributed by atoms with van der Waals surface area (Å²) in [6.45, 7) is 1.65. The first kappa shape index (κ1) is 20.0. The minimum absolute atomic E-state index is 0.169. The van der Waals surface area contributed by atoms with Gasteiger partial charge in [0.1, 0.15) is 11.6 Å². The van der Waals surface area contributed by atoms with Crippen LogP contribution < -0.4 is 15.5 Å². The number of aromatic nitrogens is 4. The van der Waals surface area contributed by atoms with Crippen molar-refractivity contribution in [2.45, 2.75) is 56.8 Å². The average molecular weight is 424 g/mol. The van der Waals surface area contributed by atoms with Gasteiger partial charge in [-0.05, 0) is 62.8 Å². The Hall–Kier alpha value is -2.91. The number of hydrogen-bond donors (Lipinski definition) is 4. The summed E-state index contributed by atoms with van der Waals surface area (Å²) in [5.74, 6) is 2.34. The fraction of sp³-hybridized carbons (Fsp3) is 0.500. The molecule has 1 aliphatic heterocycles.